The summed E-state index contributed by atoms with van der Waals surface area (Å²) in [5.74, 6) is 0. The lowest BCUT2D eigenvalue weighted by molar-refractivity contribution is 0.592. The number of rotatable bonds is 4. The summed E-state index contributed by atoms with van der Waals surface area (Å²) >= 11 is 0. The highest BCUT2D eigenvalue weighted by molar-refractivity contribution is 7.85. The Kier molecular flexibility index (Phi) is 4.56. The third-order valence-electron chi connectivity index (χ3n) is 4.58. The summed E-state index contributed by atoms with van der Waals surface area (Å²) in [6.07, 6.45) is 0. The molecular formula is C24H19OP. The maximum absolute atomic E-state index is 14.3. The minimum absolute atomic E-state index is 0.856. The second kappa shape index (κ2) is 7.15. The Morgan fingerprint density at radius 3 is 1.19 bits per heavy atom. The van der Waals surface area contributed by atoms with Crippen molar-refractivity contribution >= 4 is 23.1 Å². The van der Waals surface area contributed by atoms with E-state index in [9.17, 15) is 4.57 Å². The zero-order valence-corrected chi connectivity index (χ0v) is 15.2. The van der Waals surface area contributed by atoms with Crippen molar-refractivity contribution in [3.05, 3.63) is 115 Å². The van der Waals surface area contributed by atoms with Crippen molar-refractivity contribution in [3.8, 4) is 11.1 Å². The fourth-order valence-corrected chi connectivity index (χ4v) is 5.86. The molecule has 126 valence electrons. The van der Waals surface area contributed by atoms with E-state index in [-0.39, 0.29) is 0 Å². The minimum atomic E-state index is -2.89. The lowest BCUT2D eigenvalue weighted by Crippen LogP contribution is -2.24. The summed E-state index contributed by atoms with van der Waals surface area (Å²) < 4.78 is 14.3. The molecule has 0 heterocycles. The molecule has 4 rings (SSSR count). The SMILES string of the molecule is O=P(c1ccccc1)(c1ccccc1)c1ccc(-c2ccccc2)cc1. The lowest BCUT2D eigenvalue weighted by atomic mass is 10.1. The monoisotopic (exact) mass is 354 g/mol. The summed E-state index contributed by atoms with van der Waals surface area (Å²) in [4.78, 5) is 0. The van der Waals surface area contributed by atoms with Crippen LogP contribution < -0.4 is 15.9 Å². The maximum atomic E-state index is 14.3. The van der Waals surface area contributed by atoms with Crippen LogP contribution in [0.5, 0.6) is 0 Å². The zero-order chi connectivity index (χ0) is 17.8. The molecular weight excluding hydrogens is 335 g/mol. The van der Waals surface area contributed by atoms with E-state index in [2.05, 4.69) is 24.3 Å². The fraction of sp³-hybridized carbons (Fsp3) is 0. The van der Waals surface area contributed by atoms with E-state index in [1.165, 1.54) is 0 Å². The van der Waals surface area contributed by atoms with Crippen LogP contribution in [0.15, 0.2) is 115 Å². The van der Waals surface area contributed by atoms with Crippen molar-refractivity contribution in [1.29, 1.82) is 0 Å². The maximum Gasteiger partial charge on any atom is 0.171 e. The Bertz CT molecular complexity index is 980. The fourth-order valence-electron chi connectivity index (χ4n) is 3.22. The first-order valence-electron chi connectivity index (χ1n) is 8.66. The Balaban J connectivity index is 1.84. The van der Waals surface area contributed by atoms with Crippen LogP contribution in [0.3, 0.4) is 0 Å². The normalized spacial score (nSPS) is 11.2. The predicted molar refractivity (Wildman–Crippen MR) is 111 cm³/mol. The number of hydrogen-bond acceptors (Lipinski definition) is 1. The van der Waals surface area contributed by atoms with Gasteiger partial charge in [-0.25, -0.2) is 0 Å². The average molecular weight is 354 g/mol. The Hall–Kier alpha value is -2.89. The van der Waals surface area contributed by atoms with Crippen LogP contribution in [-0.4, -0.2) is 0 Å². The highest BCUT2D eigenvalue weighted by atomic mass is 31.2. The molecule has 0 aromatic heterocycles. The van der Waals surface area contributed by atoms with Crippen molar-refractivity contribution < 1.29 is 4.57 Å². The Morgan fingerprint density at radius 1 is 0.385 bits per heavy atom. The van der Waals surface area contributed by atoms with E-state index < -0.39 is 7.14 Å². The second-order valence-corrected chi connectivity index (χ2v) is 8.96. The van der Waals surface area contributed by atoms with Crippen LogP contribution in [0.4, 0.5) is 0 Å². The van der Waals surface area contributed by atoms with Gasteiger partial charge >= 0.3 is 0 Å². The highest BCUT2D eigenvalue weighted by Crippen LogP contribution is 2.42. The molecule has 2 heteroatoms. The van der Waals surface area contributed by atoms with E-state index in [4.69, 9.17) is 0 Å². The molecule has 0 bridgehead atoms. The first kappa shape index (κ1) is 16.6. The van der Waals surface area contributed by atoms with Gasteiger partial charge in [0.1, 0.15) is 0 Å². The van der Waals surface area contributed by atoms with Crippen molar-refractivity contribution in [1.82, 2.24) is 0 Å². The van der Waals surface area contributed by atoms with Crippen LogP contribution in [0.2, 0.25) is 0 Å². The molecule has 0 atom stereocenters. The molecule has 0 radical (unpaired) electrons. The second-order valence-electron chi connectivity index (χ2n) is 6.19. The van der Waals surface area contributed by atoms with Crippen LogP contribution >= 0.6 is 7.14 Å². The molecule has 4 aromatic carbocycles. The van der Waals surface area contributed by atoms with Crippen LogP contribution in [0.25, 0.3) is 11.1 Å². The molecule has 0 amide bonds. The third-order valence-corrected chi connectivity index (χ3v) is 7.65. The molecule has 0 aliphatic heterocycles. The van der Waals surface area contributed by atoms with Gasteiger partial charge in [0.25, 0.3) is 0 Å². The van der Waals surface area contributed by atoms with Gasteiger partial charge in [-0.3, -0.25) is 0 Å². The molecule has 0 N–H and O–H groups in total. The van der Waals surface area contributed by atoms with Gasteiger partial charge in [0, 0.05) is 15.9 Å². The van der Waals surface area contributed by atoms with Crippen LogP contribution in [-0.2, 0) is 4.57 Å². The molecule has 1 nitrogen and oxygen atoms in total. The minimum Gasteiger partial charge on any atom is -0.309 e. The summed E-state index contributed by atoms with van der Waals surface area (Å²) in [5, 5.41) is 2.58. The lowest BCUT2D eigenvalue weighted by Gasteiger charge is -2.20. The van der Waals surface area contributed by atoms with Gasteiger partial charge in [-0.1, -0.05) is 115 Å². The van der Waals surface area contributed by atoms with Gasteiger partial charge in [-0.05, 0) is 11.1 Å². The highest BCUT2D eigenvalue weighted by Gasteiger charge is 2.29. The van der Waals surface area contributed by atoms with Gasteiger partial charge in [0.2, 0.25) is 0 Å². The van der Waals surface area contributed by atoms with E-state index >= 15 is 0 Å². The zero-order valence-electron chi connectivity index (χ0n) is 14.3. The largest absolute Gasteiger partial charge is 0.309 e. The van der Waals surface area contributed by atoms with Crippen LogP contribution in [0.1, 0.15) is 0 Å². The van der Waals surface area contributed by atoms with Gasteiger partial charge in [-0.15, -0.1) is 0 Å². The van der Waals surface area contributed by atoms with Gasteiger partial charge in [-0.2, -0.15) is 0 Å². The van der Waals surface area contributed by atoms with Crippen molar-refractivity contribution in [2.45, 2.75) is 0 Å². The smallest absolute Gasteiger partial charge is 0.171 e. The quantitative estimate of drug-likeness (QED) is 0.472. The molecule has 26 heavy (non-hydrogen) atoms. The first-order valence-corrected chi connectivity index (χ1v) is 10.4. The van der Waals surface area contributed by atoms with E-state index in [0.717, 1.165) is 27.0 Å². The third kappa shape index (κ3) is 3.03. The number of benzene rings is 4. The molecule has 0 aliphatic carbocycles. The average Bonchev–Trinajstić information content (AvgIpc) is 2.75. The Labute approximate surface area is 154 Å². The topological polar surface area (TPSA) is 17.1 Å². The van der Waals surface area contributed by atoms with E-state index in [0.29, 0.717) is 0 Å². The number of hydrogen-bond donors (Lipinski definition) is 0. The van der Waals surface area contributed by atoms with E-state index in [1.54, 1.807) is 0 Å². The summed E-state index contributed by atoms with van der Waals surface area (Å²) in [6.45, 7) is 0. The van der Waals surface area contributed by atoms with Gasteiger partial charge < -0.3 is 4.57 Å². The molecule has 0 aliphatic rings. The molecule has 0 spiro atoms. The van der Waals surface area contributed by atoms with Gasteiger partial charge in [0.05, 0.1) is 0 Å². The standard InChI is InChI=1S/C24H19OP/c25-26(22-12-6-2-7-13-22,23-14-8-3-9-15-23)24-18-16-21(17-19-24)20-10-4-1-5-11-20/h1-19H. The molecule has 0 saturated heterocycles. The molecule has 4 aromatic rings. The first-order chi connectivity index (χ1) is 12.8. The van der Waals surface area contributed by atoms with Crippen molar-refractivity contribution in [2.24, 2.45) is 0 Å². The molecule has 0 unspecified atom stereocenters. The van der Waals surface area contributed by atoms with Crippen LogP contribution in [0, 0.1) is 0 Å². The summed E-state index contributed by atoms with van der Waals surface area (Å²) in [7, 11) is -2.89. The predicted octanol–water partition coefficient (Wildman–Crippen LogP) is 4.99. The van der Waals surface area contributed by atoms with Crippen molar-refractivity contribution in [2.75, 3.05) is 0 Å². The molecule has 0 fully saturated rings. The summed E-state index contributed by atoms with van der Waals surface area (Å²) in [6, 6.07) is 37.9. The Morgan fingerprint density at radius 2 is 0.731 bits per heavy atom. The summed E-state index contributed by atoms with van der Waals surface area (Å²) in [5.41, 5.74) is 2.29. The van der Waals surface area contributed by atoms with E-state index in [1.807, 2.05) is 91.0 Å². The van der Waals surface area contributed by atoms with Crippen molar-refractivity contribution in [3.63, 3.8) is 0 Å². The van der Waals surface area contributed by atoms with Gasteiger partial charge in [0.15, 0.2) is 7.14 Å². The molecule has 0 saturated carbocycles.